The van der Waals surface area contributed by atoms with Crippen molar-refractivity contribution in [3.63, 3.8) is 0 Å². The summed E-state index contributed by atoms with van der Waals surface area (Å²) in [4.78, 5) is 3.97. The molecule has 1 heterocycles. The third-order valence-electron chi connectivity index (χ3n) is 2.41. The lowest BCUT2D eigenvalue weighted by Crippen LogP contribution is -2.04. The van der Waals surface area contributed by atoms with Gasteiger partial charge in [-0.1, -0.05) is 0 Å². The van der Waals surface area contributed by atoms with Crippen molar-refractivity contribution in [3.8, 4) is 11.6 Å². The van der Waals surface area contributed by atoms with E-state index < -0.39 is 11.7 Å². The minimum Gasteiger partial charge on any atom is -0.437 e. The summed E-state index contributed by atoms with van der Waals surface area (Å²) in [7, 11) is 0. The first kappa shape index (κ1) is 13.2. The van der Waals surface area contributed by atoms with Gasteiger partial charge in [0, 0.05) is 6.20 Å². The first-order valence-corrected chi connectivity index (χ1v) is 5.43. The van der Waals surface area contributed by atoms with Crippen molar-refractivity contribution in [2.75, 3.05) is 5.73 Å². The van der Waals surface area contributed by atoms with E-state index in [1.165, 1.54) is 12.1 Å². The van der Waals surface area contributed by atoms with Crippen LogP contribution in [0, 0.1) is 6.92 Å². The second-order valence-electron chi connectivity index (χ2n) is 4.03. The molecular formula is C13H11F3N2O. The summed E-state index contributed by atoms with van der Waals surface area (Å²) >= 11 is 0. The zero-order valence-corrected chi connectivity index (χ0v) is 10.0. The van der Waals surface area contributed by atoms with Crippen LogP contribution in [-0.4, -0.2) is 4.98 Å². The van der Waals surface area contributed by atoms with Gasteiger partial charge in [0.2, 0.25) is 5.88 Å². The number of nitrogen functional groups attached to an aromatic ring is 1. The maximum Gasteiger partial charge on any atom is 0.416 e. The van der Waals surface area contributed by atoms with Crippen LogP contribution < -0.4 is 10.5 Å². The van der Waals surface area contributed by atoms with E-state index in [0.717, 1.165) is 17.7 Å². The zero-order valence-electron chi connectivity index (χ0n) is 10.0. The Hall–Kier alpha value is -2.24. The molecule has 6 heteroatoms. The summed E-state index contributed by atoms with van der Waals surface area (Å²) in [5, 5.41) is 0. The van der Waals surface area contributed by atoms with Crippen LogP contribution in [0.15, 0.2) is 36.5 Å². The summed E-state index contributed by atoms with van der Waals surface area (Å²) in [6.07, 6.45) is -2.80. The second kappa shape index (κ2) is 4.79. The van der Waals surface area contributed by atoms with Crippen molar-refractivity contribution in [1.29, 1.82) is 0 Å². The molecular weight excluding hydrogens is 257 g/mol. The quantitative estimate of drug-likeness (QED) is 0.901. The molecule has 0 saturated heterocycles. The molecule has 0 radical (unpaired) electrons. The van der Waals surface area contributed by atoms with Crippen LogP contribution in [0.3, 0.4) is 0 Å². The standard InChI is InChI=1S/C13H11F3N2O/c1-8-6-11(17)12(18-7-8)19-10-4-2-9(3-5-10)13(14,15)16/h2-7H,17H2,1H3. The fourth-order valence-electron chi connectivity index (χ4n) is 1.49. The lowest BCUT2D eigenvalue weighted by atomic mass is 10.2. The Morgan fingerprint density at radius 1 is 1.16 bits per heavy atom. The molecule has 19 heavy (non-hydrogen) atoms. The highest BCUT2D eigenvalue weighted by Crippen LogP contribution is 2.32. The molecule has 0 aliphatic rings. The Bertz CT molecular complexity index is 579. The van der Waals surface area contributed by atoms with Crippen molar-refractivity contribution in [1.82, 2.24) is 4.98 Å². The molecule has 0 amide bonds. The molecule has 0 spiro atoms. The molecule has 0 unspecified atom stereocenters. The highest BCUT2D eigenvalue weighted by molar-refractivity contribution is 5.50. The van der Waals surface area contributed by atoms with Crippen LogP contribution in [0.2, 0.25) is 0 Å². The lowest BCUT2D eigenvalue weighted by Gasteiger charge is -2.09. The van der Waals surface area contributed by atoms with Gasteiger partial charge in [-0.15, -0.1) is 0 Å². The Morgan fingerprint density at radius 2 is 1.79 bits per heavy atom. The lowest BCUT2D eigenvalue weighted by molar-refractivity contribution is -0.137. The number of pyridine rings is 1. The number of hydrogen-bond donors (Lipinski definition) is 1. The summed E-state index contributed by atoms with van der Waals surface area (Å²) in [5.74, 6) is 0.418. The van der Waals surface area contributed by atoms with E-state index in [4.69, 9.17) is 10.5 Å². The molecule has 0 fully saturated rings. The number of aromatic nitrogens is 1. The number of rotatable bonds is 2. The SMILES string of the molecule is Cc1cnc(Oc2ccc(C(F)(F)F)cc2)c(N)c1. The summed E-state index contributed by atoms with van der Waals surface area (Å²) in [6, 6.07) is 6.01. The van der Waals surface area contributed by atoms with Gasteiger partial charge in [-0.3, -0.25) is 0 Å². The molecule has 2 N–H and O–H groups in total. The van der Waals surface area contributed by atoms with E-state index in [2.05, 4.69) is 4.98 Å². The van der Waals surface area contributed by atoms with E-state index in [1.807, 2.05) is 6.92 Å². The molecule has 0 atom stereocenters. The molecule has 2 rings (SSSR count). The molecule has 2 aromatic rings. The van der Waals surface area contributed by atoms with Gasteiger partial charge < -0.3 is 10.5 Å². The third-order valence-corrected chi connectivity index (χ3v) is 2.41. The number of ether oxygens (including phenoxy) is 1. The molecule has 0 bridgehead atoms. The van der Waals surface area contributed by atoms with Crippen molar-refractivity contribution in [2.45, 2.75) is 13.1 Å². The maximum atomic E-state index is 12.4. The van der Waals surface area contributed by atoms with Gasteiger partial charge in [0.25, 0.3) is 0 Å². The largest absolute Gasteiger partial charge is 0.437 e. The normalized spacial score (nSPS) is 11.4. The minimum absolute atomic E-state index is 0.172. The van der Waals surface area contributed by atoms with E-state index in [0.29, 0.717) is 5.69 Å². The van der Waals surface area contributed by atoms with Crippen LogP contribution in [0.4, 0.5) is 18.9 Å². The zero-order chi connectivity index (χ0) is 14.0. The number of halogens is 3. The van der Waals surface area contributed by atoms with Gasteiger partial charge in [-0.25, -0.2) is 4.98 Å². The number of nitrogens with two attached hydrogens (primary N) is 1. The predicted octanol–water partition coefficient (Wildman–Crippen LogP) is 3.78. The van der Waals surface area contributed by atoms with E-state index in [9.17, 15) is 13.2 Å². The Labute approximate surface area is 107 Å². The third kappa shape index (κ3) is 3.15. The maximum absolute atomic E-state index is 12.4. The number of aryl methyl sites for hydroxylation is 1. The number of hydrogen-bond acceptors (Lipinski definition) is 3. The molecule has 0 aliphatic carbocycles. The summed E-state index contributed by atoms with van der Waals surface area (Å²) < 4.78 is 42.5. The average Bonchev–Trinajstić information content (AvgIpc) is 2.32. The molecule has 100 valence electrons. The molecule has 3 nitrogen and oxygen atoms in total. The monoisotopic (exact) mass is 268 g/mol. The molecule has 0 aliphatic heterocycles. The van der Waals surface area contributed by atoms with Gasteiger partial charge in [-0.05, 0) is 42.8 Å². The van der Waals surface area contributed by atoms with Crippen LogP contribution in [-0.2, 0) is 6.18 Å². The van der Waals surface area contributed by atoms with Gasteiger partial charge in [0.05, 0.1) is 11.3 Å². The van der Waals surface area contributed by atoms with Gasteiger partial charge >= 0.3 is 6.18 Å². The summed E-state index contributed by atoms with van der Waals surface area (Å²) in [5.41, 5.74) is 6.17. The smallest absolute Gasteiger partial charge is 0.416 e. The van der Waals surface area contributed by atoms with Crippen molar-refractivity contribution < 1.29 is 17.9 Å². The Morgan fingerprint density at radius 3 is 2.32 bits per heavy atom. The number of benzene rings is 1. The second-order valence-corrected chi connectivity index (χ2v) is 4.03. The van der Waals surface area contributed by atoms with Crippen molar-refractivity contribution >= 4 is 5.69 Å². The predicted molar refractivity (Wildman–Crippen MR) is 64.9 cm³/mol. The first-order valence-electron chi connectivity index (χ1n) is 5.43. The van der Waals surface area contributed by atoms with E-state index in [1.54, 1.807) is 12.3 Å². The Balaban J connectivity index is 2.20. The van der Waals surface area contributed by atoms with Crippen molar-refractivity contribution in [3.05, 3.63) is 47.7 Å². The van der Waals surface area contributed by atoms with Crippen LogP contribution in [0.1, 0.15) is 11.1 Å². The van der Waals surface area contributed by atoms with Crippen LogP contribution in [0.25, 0.3) is 0 Å². The topological polar surface area (TPSA) is 48.1 Å². The minimum atomic E-state index is -4.36. The van der Waals surface area contributed by atoms with Crippen LogP contribution >= 0.6 is 0 Å². The van der Waals surface area contributed by atoms with Gasteiger partial charge in [0.1, 0.15) is 5.75 Å². The van der Waals surface area contributed by atoms with Crippen LogP contribution in [0.5, 0.6) is 11.6 Å². The number of anilines is 1. The number of alkyl halides is 3. The molecule has 1 aromatic carbocycles. The fraction of sp³-hybridized carbons (Fsp3) is 0.154. The van der Waals surface area contributed by atoms with E-state index >= 15 is 0 Å². The van der Waals surface area contributed by atoms with E-state index in [-0.39, 0.29) is 11.6 Å². The number of nitrogens with zero attached hydrogens (tertiary/aromatic N) is 1. The first-order chi connectivity index (χ1) is 8.86. The Kier molecular flexibility index (Phi) is 3.33. The van der Waals surface area contributed by atoms with Gasteiger partial charge in [0.15, 0.2) is 0 Å². The highest BCUT2D eigenvalue weighted by atomic mass is 19.4. The van der Waals surface area contributed by atoms with Crippen molar-refractivity contribution in [2.24, 2.45) is 0 Å². The van der Waals surface area contributed by atoms with Gasteiger partial charge in [-0.2, -0.15) is 13.2 Å². The fourth-order valence-corrected chi connectivity index (χ4v) is 1.49. The summed E-state index contributed by atoms with van der Waals surface area (Å²) in [6.45, 7) is 1.82. The molecule has 1 aromatic heterocycles. The molecule has 0 saturated carbocycles. The highest BCUT2D eigenvalue weighted by Gasteiger charge is 2.30. The average molecular weight is 268 g/mol.